The van der Waals surface area contributed by atoms with Gasteiger partial charge in [0.2, 0.25) is 5.91 Å². The van der Waals surface area contributed by atoms with Crippen molar-refractivity contribution in [1.82, 2.24) is 10.6 Å². The molecule has 0 aliphatic carbocycles. The topological polar surface area (TPSA) is 67.4 Å². The van der Waals surface area contributed by atoms with Crippen LogP contribution in [0.2, 0.25) is 0 Å². The van der Waals surface area contributed by atoms with Crippen molar-refractivity contribution in [3.05, 3.63) is 0 Å². The Morgan fingerprint density at radius 1 is 1.37 bits per heavy atom. The fourth-order valence-corrected chi connectivity index (χ4v) is 2.23. The highest BCUT2D eigenvalue weighted by atomic mass is 16.5. The Balaban J connectivity index is 2.11. The molecule has 1 amide bonds. The Labute approximate surface area is 115 Å². The maximum atomic E-state index is 11.7. The third kappa shape index (κ3) is 6.57. The number of carbonyl (C=O) groups excluding carboxylic acids is 2. The maximum Gasteiger partial charge on any atom is 0.310 e. The lowest BCUT2D eigenvalue weighted by molar-refractivity contribution is -0.147. The highest BCUT2D eigenvalue weighted by Gasteiger charge is 2.17. The Bertz CT molecular complexity index is 288. The summed E-state index contributed by atoms with van der Waals surface area (Å²) in [6.45, 7) is 6.42. The molecule has 2 N–H and O–H groups in total. The fourth-order valence-electron chi connectivity index (χ4n) is 2.23. The molecule has 1 rings (SSSR count). The van der Waals surface area contributed by atoms with Crippen molar-refractivity contribution in [3.8, 4) is 0 Å². The lowest BCUT2D eigenvalue weighted by Gasteiger charge is -2.22. The Morgan fingerprint density at radius 2 is 2.05 bits per heavy atom. The summed E-state index contributed by atoms with van der Waals surface area (Å²) < 4.78 is 4.89. The zero-order chi connectivity index (χ0) is 14.1. The maximum absolute atomic E-state index is 11.7. The molecule has 0 aromatic heterocycles. The predicted octanol–water partition coefficient (Wildman–Crippen LogP) is 1.08. The minimum atomic E-state index is -0.275. The molecule has 0 aromatic rings. The van der Waals surface area contributed by atoms with Crippen LogP contribution < -0.4 is 10.6 Å². The first-order valence-electron chi connectivity index (χ1n) is 7.27. The molecule has 0 radical (unpaired) electrons. The van der Waals surface area contributed by atoms with Crippen LogP contribution in [0.3, 0.4) is 0 Å². The number of carbonyl (C=O) groups is 2. The quantitative estimate of drug-likeness (QED) is 0.679. The molecule has 1 heterocycles. The summed E-state index contributed by atoms with van der Waals surface area (Å²) in [7, 11) is 0. The fraction of sp³-hybridized carbons (Fsp3) is 0.857. The number of rotatable bonds is 7. The Hall–Kier alpha value is -1.10. The average Bonchev–Trinajstić information content (AvgIpc) is 2.43. The number of esters is 1. The van der Waals surface area contributed by atoms with Crippen molar-refractivity contribution >= 4 is 11.9 Å². The molecule has 19 heavy (non-hydrogen) atoms. The average molecular weight is 270 g/mol. The van der Waals surface area contributed by atoms with Gasteiger partial charge in [0.15, 0.2) is 0 Å². The first kappa shape index (κ1) is 16.0. The van der Waals surface area contributed by atoms with Crippen LogP contribution in [-0.4, -0.2) is 38.1 Å². The summed E-state index contributed by atoms with van der Waals surface area (Å²) in [5.74, 6) is 0.174. The third-order valence-corrected chi connectivity index (χ3v) is 3.53. The van der Waals surface area contributed by atoms with Gasteiger partial charge >= 0.3 is 5.97 Å². The van der Waals surface area contributed by atoms with E-state index in [1.165, 1.54) is 0 Å². The summed E-state index contributed by atoms with van der Waals surface area (Å²) >= 11 is 0. The molecule has 1 aliphatic rings. The Morgan fingerprint density at radius 3 is 2.68 bits per heavy atom. The van der Waals surface area contributed by atoms with E-state index in [1.807, 2.05) is 0 Å². The molecular weight excluding hydrogens is 244 g/mol. The van der Waals surface area contributed by atoms with Crippen molar-refractivity contribution in [2.45, 2.75) is 39.5 Å². The third-order valence-electron chi connectivity index (χ3n) is 3.53. The molecule has 0 aromatic carbocycles. The first-order valence-corrected chi connectivity index (χ1v) is 7.27. The number of ether oxygens (including phenoxy) is 1. The van der Waals surface area contributed by atoms with Gasteiger partial charge in [0, 0.05) is 13.0 Å². The molecule has 1 atom stereocenters. The van der Waals surface area contributed by atoms with E-state index < -0.39 is 0 Å². The van der Waals surface area contributed by atoms with Crippen LogP contribution in [0, 0.1) is 11.8 Å². The van der Waals surface area contributed by atoms with Crippen molar-refractivity contribution in [1.29, 1.82) is 0 Å². The molecule has 1 unspecified atom stereocenters. The second-order valence-corrected chi connectivity index (χ2v) is 5.19. The van der Waals surface area contributed by atoms with Gasteiger partial charge in [0.05, 0.1) is 12.5 Å². The molecular formula is C14H26N2O3. The van der Waals surface area contributed by atoms with E-state index in [-0.39, 0.29) is 17.8 Å². The standard InChI is InChI=1S/C14H26N2O3/c1-3-19-14(18)11(2)10-16-13(17)5-4-12-6-8-15-9-7-12/h11-12,15H,3-10H2,1-2H3,(H,16,17). The van der Waals surface area contributed by atoms with E-state index in [4.69, 9.17) is 4.74 Å². The molecule has 0 bridgehead atoms. The summed E-state index contributed by atoms with van der Waals surface area (Å²) in [6.07, 6.45) is 3.82. The van der Waals surface area contributed by atoms with Gasteiger partial charge in [-0.15, -0.1) is 0 Å². The summed E-state index contributed by atoms with van der Waals surface area (Å²) in [4.78, 5) is 23.1. The van der Waals surface area contributed by atoms with E-state index in [9.17, 15) is 9.59 Å². The molecule has 1 saturated heterocycles. The molecule has 0 saturated carbocycles. The monoisotopic (exact) mass is 270 g/mol. The minimum absolute atomic E-state index is 0.0367. The minimum Gasteiger partial charge on any atom is -0.466 e. The molecule has 1 aliphatic heterocycles. The second-order valence-electron chi connectivity index (χ2n) is 5.19. The van der Waals surface area contributed by atoms with E-state index >= 15 is 0 Å². The van der Waals surface area contributed by atoms with Crippen LogP contribution in [0.1, 0.15) is 39.5 Å². The van der Waals surface area contributed by atoms with Gasteiger partial charge < -0.3 is 15.4 Å². The van der Waals surface area contributed by atoms with E-state index in [0.717, 1.165) is 32.4 Å². The zero-order valence-corrected chi connectivity index (χ0v) is 12.0. The highest BCUT2D eigenvalue weighted by molar-refractivity contribution is 5.77. The highest BCUT2D eigenvalue weighted by Crippen LogP contribution is 2.17. The van der Waals surface area contributed by atoms with Crippen LogP contribution in [0.5, 0.6) is 0 Å². The van der Waals surface area contributed by atoms with Gasteiger partial charge in [-0.25, -0.2) is 0 Å². The van der Waals surface area contributed by atoms with Crippen LogP contribution in [0.25, 0.3) is 0 Å². The number of nitrogens with one attached hydrogen (secondary N) is 2. The lowest BCUT2D eigenvalue weighted by atomic mass is 9.93. The molecule has 0 spiro atoms. The number of hydrogen-bond acceptors (Lipinski definition) is 4. The first-order chi connectivity index (χ1) is 9.13. The predicted molar refractivity (Wildman–Crippen MR) is 73.6 cm³/mol. The van der Waals surface area contributed by atoms with Crippen LogP contribution >= 0.6 is 0 Å². The van der Waals surface area contributed by atoms with E-state index in [1.54, 1.807) is 13.8 Å². The second kappa shape index (κ2) is 8.91. The van der Waals surface area contributed by atoms with Crippen LogP contribution in [-0.2, 0) is 14.3 Å². The number of amides is 1. The van der Waals surface area contributed by atoms with E-state index in [2.05, 4.69) is 10.6 Å². The summed E-state index contributed by atoms with van der Waals surface area (Å²) in [5.41, 5.74) is 0. The summed E-state index contributed by atoms with van der Waals surface area (Å²) in [6, 6.07) is 0. The molecule has 110 valence electrons. The van der Waals surface area contributed by atoms with Crippen LogP contribution in [0.4, 0.5) is 0 Å². The summed E-state index contributed by atoms with van der Waals surface area (Å²) in [5, 5.41) is 6.12. The zero-order valence-electron chi connectivity index (χ0n) is 12.0. The largest absolute Gasteiger partial charge is 0.466 e. The molecule has 1 fully saturated rings. The number of hydrogen-bond donors (Lipinski definition) is 2. The van der Waals surface area contributed by atoms with Crippen molar-refractivity contribution < 1.29 is 14.3 Å². The van der Waals surface area contributed by atoms with Gasteiger partial charge in [0.25, 0.3) is 0 Å². The van der Waals surface area contributed by atoms with Gasteiger partial charge in [-0.1, -0.05) is 6.92 Å². The van der Waals surface area contributed by atoms with Gasteiger partial charge in [-0.3, -0.25) is 9.59 Å². The molecule has 5 nitrogen and oxygen atoms in total. The van der Waals surface area contributed by atoms with Crippen molar-refractivity contribution in [2.75, 3.05) is 26.2 Å². The lowest BCUT2D eigenvalue weighted by Crippen LogP contribution is -2.33. The smallest absolute Gasteiger partial charge is 0.310 e. The SMILES string of the molecule is CCOC(=O)C(C)CNC(=O)CCC1CCNCC1. The van der Waals surface area contributed by atoms with Crippen molar-refractivity contribution in [2.24, 2.45) is 11.8 Å². The van der Waals surface area contributed by atoms with Crippen molar-refractivity contribution in [3.63, 3.8) is 0 Å². The van der Waals surface area contributed by atoms with Gasteiger partial charge in [-0.05, 0) is 45.2 Å². The normalized spacial score (nSPS) is 17.8. The Kier molecular flexibility index (Phi) is 7.48. The number of piperidine rings is 1. The van der Waals surface area contributed by atoms with Crippen LogP contribution in [0.15, 0.2) is 0 Å². The molecule has 5 heteroatoms. The van der Waals surface area contributed by atoms with Gasteiger partial charge in [0.1, 0.15) is 0 Å². The van der Waals surface area contributed by atoms with Gasteiger partial charge in [-0.2, -0.15) is 0 Å². The van der Waals surface area contributed by atoms with E-state index in [0.29, 0.717) is 25.5 Å².